The van der Waals surface area contributed by atoms with Crippen molar-refractivity contribution < 1.29 is 27.6 Å². The quantitative estimate of drug-likeness (QED) is 0.657. The van der Waals surface area contributed by atoms with Gasteiger partial charge in [0.05, 0.1) is 12.0 Å². The van der Waals surface area contributed by atoms with Crippen molar-refractivity contribution in [3.63, 3.8) is 0 Å². The molecule has 0 aliphatic rings. The van der Waals surface area contributed by atoms with Crippen LogP contribution in [0.5, 0.6) is 0 Å². The lowest BCUT2D eigenvalue weighted by atomic mass is 9.82. The van der Waals surface area contributed by atoms with Gasteiger partial charge in [-0.05, 0) is 43.7 Å². The molecule has 2 atom stereocenters. The van der Waals surface area contributed by atoms with Gasteiger partial charge in [0.25, 0.3) is 5.91 Å². The molecule has 0 radical (unpaired) electrons. The maximum atomic E-state index is 13.3. The zero-order valence-electron chi connectivity index (χ0n) is 17.0. The third-order valence-corrected chi connectivity index (χ3v) is 4.55. The molecule has 2 N–H and O–H groups in total. The van der Waals surface area contributed by atoms with Gasteiger partial charge in [0.15, 0.2) is 0 Å². The second-order valence-corrected chi connectivity index (χ2v) is 7.21. The summed E-state index contributed by atoms with van der Waals surface area (Å²) in [5, 5.41) is 2.52. The Bertz CT molecular complexity index is 906. The lowest BCUT2D eigenvalue weighted by Gasteiger charge is -2.36. The number of amides is 2. The van der Waals surface area contributed by atoms with Crippen LogP contribution >= 0.6 is 0 Å². The molecule has 10 heteroatoms. The highest BCUT2D eigenvalue weighted by Gasteiger charge is 2.45. The van der Waals surface area contributed by atoms with E-state index in [0.29, 0.717) is 11.3 Å². The molecule has 7 nitrogen and oxygen atoms in total. The second-order valence-electron chi connectivity index (χ2n) is 7.21. The van der Waals surface area contributed by atoms with Crippen LogP contribution in [0.25, 0.3) is 0 Å². The van der Waals surface area contributed by atoms with Gasteiger partial charge in [-0.2, -0.15) is 13.2 Å². The van der Waals surface area contributed by atoms with Crippen LogP contribution in [-0.4, -0.2) is 33.6 Å². The molecule has 0 saturated carbocycles. The van der Waals surface area contributed by atoms with Crippen LogP contribution in [0.1, 0.15) is 54.7 Å². The summed E-state index contributed by atoms with van der Waals surface area (Å²) in [5.41, 5.74) is 1.40. The molecule has 0 spiro atoms. The Hall–Kier alpha value is -3.01. The van der Waals surface area contributed by atoms with Gasteiger partial charge in [0, 0.05) is 30.9 Å². The van der Waals surface area contributed by atoms with Crippen molar-refractivity contribution in [1.82, 2.24) is 15.4 Å². The van der Waals surface area contributed by atoms with Crippen molar-refractivity contribution >= 4 is 17.6 Å². The van der Waals surface area contributed by atoms with Crippen LogP contribution < -0.4 is 10.8 Å². The van der Waals surface area contributed by atoms with E-state index in [1.165, 1.54) is 44.4 Å². The molecule has 0 aliphatic heterocycles. The SMILES string of the molecule is CC(=O)Nc1cc(C(C)C(C)(CC(F)(F)F)ONC(=O)c2cccnc2)cc(C)n1. The number of anilines is 1. The van der Waals surface area contributed by atoms with Crippen LogP contribution in [0.2, 0.25) is 0 Å². The average Bonchev–Trinajstić information content (AvgIpc) is 2.64. The number of alkyl halides is 3. The van der Waals surface area contributed by atoms with E-state index in [-0.39, 0.29) is 17.3 Å². The molecule has 162 valence electrons. The summed E-state index contributed by atoms with van der Waals surface area (Å²) < 4.78 is 40.0. The standard InChI is InChI=1S/C20H23F3N4O3/c1-12-8-16(9-17(25-12)26-14(3)28)13(2)19(4,11-20(21,22)23)30-27-18(29)15-6-5-7-24-10-15/h5-10,13H,11H2,1-4H3,(H,27,29)(H,25,26,28). The van der Waals surface area contributed by atoms with Gasteiger partial charge in [-0.3, -0.25) is 19.4 Å². The largest absolute Gasteiger partial charge is 0.391 e. The van der Waals surface area contributed by atoms with Gasteiger partial charge in [-0.25, -0.2) is 10.5 Å². The average molecular weight is 424 g/mol. The van der Waals surface area contributed by atoms with Gasteiger partial charge in [-0.1, -0.05) is 6.92 Å². The summed E-state index contributed by atoms with van der Waals surface area (Å²) >= 11 is 0. The zero-order chi connectivity index (χ0) is 22.5. The molecule has 2 heterocycles. The molecule has 2 unspecified atom stereocenters. The zero-order valence-corrected chi connectivity index (χ0v) is 17.0. The Morgan fingerprint density at radius 3 is 2.53 bits per heavy atom. The highest BCUT2D eigenvalue weighted by atomic mass is 19.4. The number of hydrogen-bond acceptors (Lipinski definition) is 5. The van der Waals surface area contributed by atoms with Crippen LogP contribution in [0.4, 0.5) is 19.0 Å². The van der Waals surface area contributed by atoms with E-state index in [4.69, 9.17) is 4.84 Å². The summed E-state index contributed by atoms with van der Waals surface area (Å²) in [7, 11) is 0. The number of aromatic nitrogens is 2. The van der Waals surface area contributed by atoms with Gasteiger partial charge in [0.1, 0.15) is 11.4 Å². The molecule has 0 aromatic carbocycles. The van der Waals surface area contributed by atoms with Crippen LogP contribution in [0.15, 0.2) is 36.7 Å². The molecular formula is C20H23F3N4O3. The third kappa shape index (κ3) is 6.51. The number of hydrogen-bond donors (Lipinski definition) is 2. The molecule has 2 rings (SSSR count). The molecule has 2 aromatic heterocycles. The smallest absolute Gasteiger partial charge is 0.311 e. The minimum absolute atomic E-state index is 0.146. The van der Waals surface area contributed by atoms with Gasteiger partial charge in [-0.15, -0.1) is 0 Å². The maximum absolute atomic E-state index is 13.3. The first kappa shape index (κ1) is 23.3. The Kier molecular flexibility index (Phi) is 7.14. The number of halogens is 3. The number of carbonyl (C=O) groups is 2. The van der Waals surface area contributed by atoms with E-state index in [1.807, 2.05) is 0 Å². The molecule has 30 heavy (non-hydrogen) atoms. The fraction of sp³-hybridized carbons (Fsp3) is 0.400. The first-order valence-electron chi connectivity index (χ1n) is 9.11. The first-order chi connectivity index (χ1) is 13.9. The highest BCUT2D eigenvalue weighted by molar-refractivity contribution is 5.93. The van der Waals surface area contributed by atoms with Crippen molar-refractivity contribution in [2.24, 2.45) is 0 Å². The summed E-state index contributed by atoms with van der Waals surface area (Å²) in [5.74, 6) is -1.67. The molecule has 0 fully saturated rings. The predicted molar refractivity (Wildman–Crippen MR) is 104 cm³/mol. The number of nitrogens with zero attached hydrogens (tertiary/aromatic N) is 2. The summed E-state index contributed by atoms with van der Waals surface area (Å²) in [6, 6.07) is 6.08. The highest BCUT2D eigenvalue weighted by Crippen LogP contribution is 2.40. The molecule has 0 saturated heterocycles. The van der Waals surface area contributed by atoms with E-state index in [2.05, 4.69) is 20.8 Å². The molecule has 2 aromatic rings. The molecule has 0 bridgehead atoms. The van der Waals surface area contributed by atoms with E-state index < -0.39 is 30.0 Å². The van der Waals surface area contributed by atoms with Gasteiger partial charge < -0.3 is 5.32 Å². The van der Waals surface area contributed by atoms with E-state index >= 15 is 0 Å². The van der Waals surface area contributed by atoms with Crippen LogP contribution in [0.3, 0.4) is 0 Å². The Morgan fingerprint density at radius 2 is 1.97 bits per heavy atom. The number of rotatable bonds is 7. The minimum atomic E-state index is -4.55. The van der Waals surface area contributed by atoms with Crippen molar-refractivity contribution in [2.75, 3.05) is 5.32 Å². The normalized spacial score (nSPS) is 14.5. The fourth-order valence-corrected chi connectivity index (χ4v) is 2.94. The predicted octanol–water partition coefficient (Wildman–Crippen LogP) is 3.92. The summed E-state index contributed by atoms with van der Waals surface area (Å²) in [6.07, 6.45) is -3.13. The molecular weight excluding hydrogens is 401 g/mol. The van der Waals surface area contributed by atoms with Crippen molar-refractivity contribution in [1.29, 1.82) is 0 Å². The number of nitrogens with one attached hydrogen (secondary N) is 2. The Morgan fingerprint density at radius 1 is 1.27 bits per heavy atom. The minimum Gasteiger partial charge on any atom is -0.311 e. The Balaban J connectivity index is 2.31. The number of pyridine rings is 2. The van der Waals surface area contributed by atoms with Gasteiger partial charge in [0.2, 0.25) is 5.91 Å². The third-order valence-electron chi connectivity index (χ3n) is 4.55. The first-order valence-corrected chi connectivity index (χ1v) is 9.11. The van der Waals surface area contributed by atoms with Crippen molar-refractivity contribution in [3.8, 4) is 0 Å². The molecule has 0 aliphatic carbocycles. The lowest BCUT2D eigenvalue weighted by molar-refractivity contribution is -0.201. The van der Waals surface area contributed by atoms with E-state index in [0.717, 1.165) is 0 Å². The topological polar surface area (TPSA) is 93.2 Å². The van der Waals surface area contributed by atoms with Crippen molar-refractivity contribution in [3.05, 3.63) is 53.5 Å². The van der Waals surface area contributed by atoms with Crippen molar-refractivity contribution in [2.45, 2.75) is 51.8 Å². The number of aryl methyl sites for hydroxylation is 1. The van der Waals surface area contributed by atoms with Crippen LogP contribution in [-0.2, 0) is 9.63 Å². The number of hydroxylamine groups is 1. The number of carbonyl (C=O) groups excluding carboxylic acids is 2. The van der Waals surface area contributed by atoms with E-state index in [9.17, 15) is 22.8 Å². The Labute approximate surface area is 172 Å². The van der Waals surface area contributed by atoms with Crippen LogP contribution in [0, 0.1) is 6.92 Å². The summed E-state index contributed by atoms with van der Waals surface area (Å²) in [6.45, 7) is 5.78. The monoisotopic (exact) mass is 424 g/mol. The van der Waals surface area contributed by atoms with E-state index in [1.54, 1.807) is 19.9 Å². The molecule has 2 amide bonds. The lowest BCUT2D eigenvalue weighted by Crippen LogP contribution is -2.45. The fourth-order valence-electron chi connectivity index (χ4n) is 2.94. The second kappa shape index (κ2) is 9.21. The summed E-state index contributed by atoms with van der Waals surface area (Å²) in [4.78, 5) is 36.9. The van der Waals surface area contributed by atoms with Gasteiger partial charge >= 0.3 is 6.18 Å². The maximum Gasteiger partial charge on any atom is 0.391 e.